The third-order valence-corrected chi connectivity index (χ3v) is 4.61. The minimum Gasteiger partial charge on any atom is -0.465 e. The van der Waals surface area contributed by atoms with Gasteiger partial charge in [-0.25, -0.2) is 9.78 Å². The molecule has 8 nitrogen and oxygen atoms in total. The first kappa shape index (κ1) is 16.1. The Labute approximate surface area is 149 Å². The van der Waals surface area contributed by atoms with Gasteiger partial charge < -0.3 is 14.9 Å². The number of carbonyl (C=O) groups excluding carboxylic acids is 1. The Balaban J connectivity index is 1.88. The lowest BCUT2D eigenvalue weighted by atomic mass is 10.2. The zero-order chi connectivity index (χ0) is 18.1. The molecule has 0 saturated carbocycles. The Hall–Kier alpha value is -3.42. The highest BCUT2D eigenvalue weighted by Crippen LogP contribution is 2.34. The van der Waals surface area contributed by atoms with Crippen molar-refractivity contribution in [1.29, 1.82) is 0 Å². The number of aldehydes is 1. The van der Waals surface area contributed by atoms with Crippen molar-refractivity contribution in [2.45, 2.75) is 0 Å². The van der Waals surface area contributed by atoms with Gasteiger partial charge in [-0.05, 0) is 24.3 Å². The van der Waals surface area contributed by atoms with E-state index in [1.54, 1.807) is 24.7 Å². The summed E-state index contributed by atoms with van der Waals surface area (Å²) in [5.41, 5.74) is 2.04. The number of pyridine rings is 2. The van der Waals surface area contributed by atoms with E-state index < -0.39 is 6.09 Å². The van der Waals surface area contributed by atoms with E-state index >= 15 is 0 Å². The number of amides is 1. The third kappa shape index (κ3) is 2.55. The van der Waals surface area contributed by atoms with Crippen LogP contribution in [0.1, 0.15) is 10.4 Å². The number of hydrogen-bond acceptors (Lipinski definition) is 5. The van der Waals surface area contributed by atoms with Gasteiger partial charge in [0.2, 0.25) is 0 Å². The molecule has 4 rings (SSSR count). The van der Waals surface area contributed by atoms with Gasteiger partial charge in [0.15, 0.2) is 6.29 Å². The minimum atomic E-state index is -0.922. The summed E-state index contributed by atoms with van der Waals surface area (Å²) < 4.78 is 1.92. The van der Waals surface area contributed by atoms with Gasteiger partial charge in [0.25, 0.3) is 0 Å². The van der Waals surface area contributed by atoms with Gasteiger partial charge in [0, 0.05) is 44.0 Å². The molecule has 1 fully saturated rings. The second-order valence-electron chi connectivity index (χ2n) is 6.03. The van der Waals surface area contributed by atoms with Crippen LogP contribution >= 0.6 is 0 Å². The SMILES string of the molecule is O=Cc1c(N2CCN(C(=O)O)CC2)n(-c2cccnc2)c2ncccc12. The second-order valence-corrected chi connectivity index (χ2v) is 6.03. The van der Waals surface area contributed by atoms with Crippen molar-refractivity contribution in [2.24, 2.45) is 0 Å². The lowest BCUT2D eigenvalue weighted by Gasteiger charge is -2.35. The van der Waals surface area contributed by atoms with Crippen molar-refractivity contribution in [3.05, 3.63) is 48.4 Å². The van der Waals surface area contributed by atoms with Gasteiger partial charge in [0.05, 0.1) is 17.4 Å². The standard InChI is InChI=1S/C18H17N5O3/c24-12-15-14-4-2-6-20-16(14)23(13-3-1-5-19-11-13)17(15)21-7-9-22(10-8-21)18(25)26/h1-6,11-12H,7-10H2,(H,25,26). The van der Waals surface area contributed by atoms with E-state index in [1.807, 2.05) is 27.7 Å². The van der Waals surface area contributed by atoms with Crippen molar-refractivity contribution >= 4 is 29.2 Å². The molecular weight excluding hydrogens is 334 g/mol. The van der Waals surface area contributed by atoms with Gasteiger partial charge in [-0.1, -0.05) is 0 Å². The minimum absolute atomic E-state index is 0.385. The summed E-state index contributed by atoms with van der Waals surface area (Å²) in [6.45, 7) is 1.78. The third-order valence-electron chi connectivity index (χ3n) is 4.61. The molecule has 0 aromatic carbocycles. The fraction of sp³-hybridized carbons (Fsp3) is 0.222. The normalized spacial score (nSPS) is 14.6. The lowest BCUT2D eigenvalue weighted by Crippen LogP contribution is -2.49. The first-order valence-corrected chi connectivity index (χ1v) is 8.28. The molecule has 0 bridgehead atoms. The molecule has 4 heterocycles. The lowest BCUT2D eigenvalue weighted by molar-refractivity contribution is 0.112. The molecule has 1 N–H and O–H groups in total. The molecule has 3 aromatic heterocycles. The molecule has 132 valence electrons. The smallest absolute Gasteiger partial charge is 0.407 e. The maximum Gasteiger partial charge on any atom is 0.407 e. The Morgan fingerprint density at radius 3 is 2.54 bits per heavy atom. The predicted octanol–water partition coefficient (Wildman–Crippen LogP) is 2.03. The summed E-state index contributed by atoms with van der Waals surface area (Å²) in [6, 6.07) is 7.41. The van der Waals surface area contributed by atoms with Gasteiger partial charge in [-0.2, -0.15) is 0 Å². The summed E-state index contributed by atoms with van der Waals surface area (Å²) in [5.74, 6) is 0.728. The average Bonchev–Trinajstić information content (AvgIpc) is 3.03. The number of hydrogen-bond donors (Lipinski definition) is 1. The Morgan fingerprint density at radius 2 is 1.88 bits per heavy atom. The maximum absolute atomic E-state index is 11.9. The van der Waals surface area contributed by atoms with Crippen LogP contribution in [0, 0.1) is 0 Å². The Morgan fingerprint density at radius 1 is 1.12 bits per heavy atom. The number of piperazine rings is 1. The number of nitrogens with zero attached hydrogens (tertiary/aromatic N) is 5. The van der Waals surface area contributed by atoms with E-state index in [1.165, 1.54) is 4.90 Å². The summed E-state index contributed by atoms with van der Waals surface area (Å²) in [5, 5.41) is 9.94. The van der Waals surface area contributed by atoms with Gasteiger partial charge in [-0.3, -0.25) is 14.3 Å². The Bertz CT molecular complexity index is 962. The van der Waals surface area contributed by atoms with Crippen molar-refractivity contribution < 1.29 is 14.7 Å². The predicted molar refractivity (Wildman–Crippen MR) is 96.1 cm³/mol. The molecule has 3 aromatic rings. The number of carboxylic acid groups (broad SMARTS) is 1. The fourth-order valence-corrected chi connectivity index (χ4v) is 3.39. The number of anilines is 1. The van der Waals surface area contributed by atoms with Crippen molar-refractivity contribution in [2.75, 3.05) is 31.1 Å². The number of carbonyl (C=O) groups is 2. The topological polar surface area (TPSA) is 91.6 Å². The summed E-state index contributed by atoms with van der Waals surface area (Å²) in [7, 11) is 0. The molecular formula is C18H17N5O3. The van der Waals surface area contributed by atoms with Crippen molar-refractivity contribution in [3.8, 4) is 5.69 Å². The highest BCUT2D eigenvalue weighted by molar-refractivity contribution is 6.03. The largest absolute Gasteiger partial charge is 0.465 e. The molecule has 1 aliphatic rings. The molecule has 1 aliphatic heterocycles. The highest BCUT2D eigenvalue weighted by atomic mass is 16.4. The monoisotopic (exact) mass is 351 g/mol. The molecule has 1 saturated heterocycles. The van der Waals surface area contributed by atoms with Crippen LogP contribution in [-0.2, 0) is 0 Å². The number of aromatic nitrogens is 3. The molecule has 0 spiro atoms. The fourth-order valence-electron chi connectivity index (χ4n) is 3.39. The van der Waals surface area contributed by atoms with E-state index in [-0.39, 0.29) is 0 Å². The molecule has 0 aliphatic carbocycles. The van der Waals surface area contributed by atoms with Crippen LogP contribution < -0.4 is 4.90 Å². The van der Waals surface area contributed by atoms with E-state index in [0.29, 0.717) is 37.4 Å². The molecule has 26 heavy (non-hydrogen) atoms. The Kier molecular flexibility index (Phi) is 4.00. The molecule has 0 unspecified atom stereocenters. The van der Waals surface area contributed by atoms with Crippen LogP contribution in [0.2, 0.25) is 0 Å². The molecule has 0 radical (unpaired) electrons. The van der Waals surface area contributed by atoms with Crippen molar-refractivity contribution in [3.63, 3.8) is 0 Å². The first-order chi connectivity index (χ1) is 12.7. The second kappa shape index (κ2) is 6.47. The molecule has 0 atom stereocenters. The number of fused-ring (bicyclic) bond motifs is 1. The van der Waals surface area contributed by atoms with Crippen molar-refractivity contribution in [1.82, 2.24) is 19.4 Å². The summed E-state index contributed by atoms with van der Waals surface area (Å²) in [6.07, 6.45) is 5.02. The maximum atomic E-state index is 11.9. The summed E-state index contributed by atoms with van der Waals surface area (Å²) >= 11 is 0. The van der Waals surface area contributed by atoms with Crippen LogP contribution in [-0.4, -0.2) is 63.1 Å². The van der Waals surface area contributed by atoms with E-state index in [2.05, 4.69) is 9.97 Å². The van der Waals surface area contributed by atoms with E-state index in [9.17, 15) is 14.7 Å². The van der Waals surface area contributed by atoms with Crippen LogP contribution in [0.3, 0.4) is 0 Å². The van der Waals surface area contributed by atoms with Crippen LogP contribution in [0.5, 0.6) is 0 Å². The quantitative estimate of drug-likeness (QED) is 0.726. The molecule has 8 heteroatoms. The van der Waals surface area contributed by atoms with E-state index in [0.717, 1.165) is 23.2 Å². The van der Waals surface area contributed by atoms with Gasteiger partial charge in [0.1, 0.15) is 11.5 Å². The van der Waals surface area contributed by atoms with Crippen LogP contribution in [0.4, 0.5) is 10.6 Å². The zero-order valence-electron chi connectivity index (χ0n) is 13.9. The zero-order valence-corrected chi connectivity index (χ0v) is 13.9. The first-order valence-electron chi connectivity index (χ1n) is 8.28. The summed E-state index contributed by atoms with van der Waals surface area (Å²) in [4.78, 5) is 35.2. The van der Waals surface area contributed by atoms with Crippen LogP contribution in [0.25, 0.3) is 16.7 Å². The van der Waals surface area contributed by atoms with E-state index in [4.69, 9.17) is 0 Å². The average molecular weight is 351 g/mol. The van der Waals surface area contributed by atoms with Gasteiger partial charge in [-0.15, -0.1) is 0 Å². The highest BCUT2D eigenvalue weighted by Gasteiger charge is 2.27. The van der Waals surface area contributed by atoms with Crippen LogP contribution in [0.15, 0.2) is 42.9 Å². The molecule has 1 amide bonds. The van der Waals surface area contributed by atoms with Gasteiger partial charge >= 0.3 is 6.09 Å². The number of rotatable bonds is 3.